The highest BCUT2D eigenvalue weighted by Crippen LogP contribution is 2.52. The largest absolute Gasteiger partial charge is 0.487 e. The predicted octanol–water partition coefficient (Wildman–Crippen LogP) is 3.86. The highest BCUT2D eigenvalue weighted by atomic mass is 35.5. The molecule has 4 nitrogen and oxygen atoms in total. The molecule has 0 radical (unpaired) electrons. The van der Waals surface area contributed by atoms with Crippen LogP contribution in [0.4, 0.5) is 8.78 Å². The molecule has 4 rings (SSSR count). The van der Waals surface area contributed by atoms with Gasteiger partial charge in [0.15, 0.2) is 21.4 Å². The number of halogens is 3. The first kappa shape index (κ1) is 17.7. The quantitative estimate of drug-likeness (QED) is 0.768. The molecule has 0 amide bonds. The molecule has 0 bridgehead atoms. The maximum Gasteiger partial charge on any atom is 0.191 e. The second-order valence-corrected chi connectivity index (χ2v) is 9.00. The van der Waals surface area contributed by atoms with Crippen LogP contribution < -0.4 is 4.74 Å². The van der Waals surface area contributed by atoms with Gasteiger partial charge in [-0.25, -0.2) is 17.2 Å². The van der Waals surface area contributed by atoms with E-state index in [1.807, 2.05) is 0 Å². The molecule has 2 aromatic carbocycles. The lowest BCUT2D eigenvalue weighted by Crippen LogP contribution is -2.56. The van der Waals surface area contributed by atoms with Crippen molar-refractivity contribution in [3.8, 4) is 5.75 Å². The molecule has 0 aromatic heterocycles. The monoisotopic (exact) mass is 400 g/mol. The van der Waals surface area contributed by atoms with Gasteiger partial charge in [0.2, 0.25) is 0 Å². The second kappa shape index (κ2) is 6.18. The van der Waals surface area contributed by atoms with Crippen LogP contribution in [0, 0.1) is 11.6 Å². The van der Waals surface area contributed by atoms with Gasteiger partial charge in [0.1, 0.15) is 23.3 Å². The molecule has 0 saturated carbocycles. The number of fused-ring (bicyclic) bond motifs is 3. The molecule has 2 heterocycles. The van der Waals surface area contributed by atoms with Gasteiger partial charge in [-0.15, -0.1) is 0 Å². The average molecular weight is 401 g/mol. The van der Waals surface area contributed by atoms with Crippen molar-refractivity contribution in [2.75, 3.05) is 13.2 Å². The van der Waals surface area contributed by atoms with E-state index in [2.05, 4.69) is 0 Å². The van der Waals surface area contributed by atoms with Crippen LogP contribution in [0.25, 0.3) is 0 Å². The fraction of sp³-hybridized carbons (Fsp3) is 0.333. The van der Waals surface area contributed by atoms with Crippen LogP contribution in [0.3, 0.4) is 0 Å². The van der Waals surface area contributed by atoms with E-state index in [9.17, 15) is 17.2 Å². The highest BCUT2D eigenvalue weighted by molar-refractivity contribution is 7.92. The van der Waals surface area contributed by atoms with E-state index in [1.54, 1.807) is 0 Å². The first-order valence-electron chi connectivity index (χ1n) is 8.11. The van der Waals surface area contributed by atoms with Gasteiger partial charge in [-0.05, 0) is 49.2 Å². The van der Waals surface area contributed by atoms with Gasteiger partial charge in [-0.3, -0.25) is 0 Å². The maximum atomic E-state index is 14.8. The van der Waals surface area contributed by atoms with Gasteiger partial charge < -0.3 is 9.47 Å². The number of benzene rings is 2. The van der Waals surface area contributed by atoms with Gasteiger partial charge in [-0.1, -0.05) is 11.6 Å². The summed E-state index contributed by atoms with van der Waals surface area (Å²) in [6, 6.07) is 7.49. The van der Waals surface area contributed by atoms with Crippen molar-refractivity contribution in [3.05, 3.63) is 58.6 Å². The minimum Gasteiger partial charge on any atom is -0.487 e. The Morgan fingerprint density at radius 1 is 1.08 bits per heavy atom. The zero-order valence-corrected chi connectivity index (χ0v) is 15.1. The van der Waals surface area contributed by atoms with Gasteiger partial charge in [0, 0.05) is 11.6 Å². The molecule has 1 fully saturated rings. The summed E-state index contributed by atoms with van der Waals surface area (Å²) in [5.41, 5.74) is -0.289. The Morgan fingerprint density at radius 3 is 2.50 bits per heavy atom. The normalized spacial score (nSPS) is 25.1. The van der Waals surface area contributed by atoms with Crippen molar-refractivity contribution in [2.24, 2.45) is 0 Å². The summed E-state index contributed by atoms with van der Waals surface area (Å²) in [6.07, 6.45) is -0.418. The first-order chi connectivity index (χ1) is 12.4. The first-order valence-corrected chi connectivity index (χ1v) is 9.97. The summed E-state index contributed by atoms with van der Waals surface area (Å²) >= 11 is 5.86. The smallest absolute Gasteiger partial charge is 0.191 e. The lowest BCUT2D eigenvalue weighted by molar-refractivity contribution is -0.0534. The molecule has 0 unspecified atom stereocenters. The lowest BCUT2D eigenvalue weighted by Gasteiger charge is -2.46. The standard InChI is InChI=1S/C18H15ClF2O4S/c19-11-2-4-12(5-3-11)26(22,23)18-8-1-9-24-15(18)10-25-17-14(21)7-6-13(20)16(17)18/h2-7,15H,1,8-10H2/t15-,18+/m1/s1. The van der Waals surface area contributed by atoms with E-state index < -0.39 is 32.3 Å². The van der Waals surface area contributed by atoms with Crippen molar-refractivity contribution in [2.45, 2.75) is 28.6 Å². The van der Waals surface area contributed by atoms with Gasteiger partial charge in [-0.2, -0.15) is 0 Å². The molecule has 2 atom stereocenters. The van der Waals surface area contributed by atoms with Crippen LogP contribution in [0.5, 0.6) is 5.75 Å². The van der Waals surface area contributed by atoms with Crippen LogP contribution in [-0.4, -0.2) is 27.7 Å². The second-order valence-electron chi connectivity index (χ2n) is 6.35. The number of sulfone groups is 1. The molecular formula is C18H15ClF2O4S. The summed E-state index contributed by atoms with van der Waals surface area (Å²) in [5, 5.41) is 0.377. The van der Waals surface area contributed by atoms with Crippen LogP contribution in [0.1, 0.15) is 18.4 Å². The van der Waals surface area contributed by atoms with Crippen molar-refractivity contribution >= 4 is 21.4 Å². The Hall–Kier alpha value is -1.70. The topological polar surface area (TPSA) is 52.6 Å². The van der Waals surface area contributed by atoms with Crippen LogP contribution >= 0.6 is 11.6 Å². The molecule has 138 valence electrons. The van der Waals surface area contributed by atoms with E-state index in [-0.39, 0.29) is 29.2 Å². The maximum absolute atomic E-state index is 14.8. The zero-order chi connectivity index (χ0) is 18.5. The van der Waals surface area contributed by atoms with Crippen molar-refractivity contribution in [1.82, 2.24) is 0 Å². The fourth-order valence-electron chi connectivity index (χ4n) is 3.82. The van der Waals surface area contributed by atoms with Crippen LogP contribution in [0.15, 0.2) is 41.3 Å². The molecule has 1 saturated heterocycles. The summed E-state index contributed by atoms with van der Waals surface area (Å²) in [5.74, 6) is -1.98. The van der Waals surface area contributed by atoms with E-state index in [1.165, 1.54) is 24.3 Å². The van der Waals surface area contributed by atoms with E-state index in [4.69, 9.17) is 21.1 Å². The Bertz CT molecular complexity index is 962. The van der Waals surface area contributed by atoms with E-state index in [0.29, 0.717) is 18.1 Å². The zero-order valence-electron chi connectivity index (χ0n) is 13.5. The minimum absolute atomic E-state index is 0.0195. The Balaban J connectivity index is 2.02. The van der Waals surface area contributed by atoms with Crippen molar-refractivity contribution in [3.63, 3.8) is 0 Å². The van der Waals surface area contributed by atoms with Crippen molar-refractivity contribution < 1.29 is 26.7 Å². The average Bonchev–Trinajstić information content (AvgIpc) is 2.64. The minimum atomic E-state index is -4.12. The summed E-state index contributed by atoms with van der Waals surface area (Å²) in [6.45, 7) is 0.165. The molecule has 0 spiro atoms. The molecule has 0 N–H and O–H groups in total. The third-order valence-corrected chi connectivity index (χ3v) is 7.77. The van der Waals surface area contributed by atoms with Gasteiger partial charge >= 0.3 is 0 Å². The number of ether oxygens (including phenoxy) is 2. The highest BCUT2D eigenvalue weighted by Gasteiger charge is 2.59. The number of rotatable bonds is 2. The lowest BCUT2D eigenvalue weighted by atomic mass is 9.83. The van der Waals surface area contributed by atoms with E-state index in [0.717, 1.165) is 12.1 Å². The van der Waals surface area contributed by atoms with Crippen molar-refractivity contribution in [1.29, 1.82) is 0 Å². The van der Waals surface area contributed by atoms with E-state index >= 15 is 0 Å². The molecule has 26 heavy (non-hydrogen) atoms. The molecular weight excluding hydrogens is 386 g/mol. The predicted molar refractivity (Wildman–Crippen MR) is 91.1 cm³/mol. The third-order valence-electron chi connectivity index (χ3n) is 5.00. The summed E-state index contributed by atoms with van der Waals surface area (Å²) in [7, 11) is -4.12. The third kappa shape index (κ3) is 2.37. The molecule has 8 heteroatoms. The number of hydrogen-bond donors (Lipinski definition) is 0. The van der Waals surface area contributed by atoms with Gasteiger partial charge in [0.25, 0.3) is 0 Å². The molecule has 2 aliphatic heterocycles. The number of hydrogen-bond acceptors (Lipinski definition) is 4. The van der Waals surface area contributed by atoms with Gasteiger partial charge in [0.05, 0.1) is 10.5 Å². The SMILES string of the molecule is O=S(=O)(c1ccc(Cl)cc1)[C@@]12CCCO[C@@H]1COc1c(F)ccc(F)c12. The summed E-state index contributed by atoms with van der Waals surface area (Å²) < 4.78 is 65.5. The summed E-state index contributed by atoms with van der Waals surface area (Å²) in [4.78, 5) is -0.0195. The fourth-order valence-corrected chi connectivity index (χ4v) is 6.21. The Kier molecular flexibility index (Phi) is 4.21. The molecule has 2 aromatic rings. The molecule has 2 aliphatic rings. The molecule has 0 aliphatic carbocycles. The van der Waals surface area contributed by atoms with Crippen LogP contribution in [0.2, 0.25) is 5.02 Å². The Labute approximate surface area is 154 Å². The Morgan fingerprint density at radius 2 is 1.77 bits per heavy atom. The van der Waals surface area contributed by atoms with Crippen LogP contribution in [-0.2, 0) is 19.3 Å².